The summed E-state index contributed by atoms with van der Waals surface area (Å²) in [6, 6.07) is 0. The predicted molar refractivity (Wildman–Crippen MR) is 122 cm³/mol. The van der Waals surface area contributed by atoms with Gasteiger partial charge in [0.2, 0.25) is 0 Å². The van der Waals surface area contributed by atoms with Crippen LogP contribution >= 0.6 is 0 Å². The third-order valence-electron chi connectivity index (χ3n) is 7.33. The first-order valence-corrected chi connectivity index (χ1v) is 12.0. The van der Waals surface area contributed by atoms with E-state index in [9.17, 15) is 0 Å². The van der Waals surface area contributed by atoms with Gasteiger partial charge in [-0.3, -0.25) is 0 Å². The van der Waals surface area contributed by atoms with E-state index in [0.717, 1.165) is 0 Å². The van der Waals surface area contributed by atoms with Crippen LogP contribution in [-0.4, -0.2) is 0 Å². The van der Waals surface area contributed by atoms with Crippen molar-refractivity contribution in [1.82, 2.24) is 0 Å². The molecule has 0 aromatic heterocycles. The molecule has 0 aliphatic heterocycles. The lowest BCUT2D eigenvalue weighted by atomic mass is 9.81. The van der Waals surface area contributed by atoms with E-state index in [4.69, 9.17) is 0 Å². The Morgan fingerprint density at radius 3 is 0.926 bits per heavy atom. The number of hydrogen-bond acceptors (Lipinski definition) is 0. The van der Waals surface area contributed by atoms with Crippen LogP contribution in [0.1, 0.15) is 113 Å². The molecule has 0 radical (unpaired) electrons. The standard InChI is InChI=1S/C27H44/c1-9-18-19(10-2)23(14-6)26(22(18)13-5)17-27-24(15-7)20(11-3)21(12-4)25(27)16-8/h22,24H,9-17H2,1-8H3. The molecule has 0 fully saturated rings. The summed E-state index contributed by atoms with van der Waals surface area (Å²) in [7, 11) is 0. The molecule has 0 heterocycles. The van der Waals surface area contributed by atoms with Crippen LogP contribution in [0.2, 0.25) is 0 Å². The zero-order valence-corrected chi connectivity index (χ0v) is 19.5. The van der Waals surface area contributed by atoms with Gasteiger partial charge in [0.05, 0.1) is 0 Å². The quantitative estimate of drug-likeness (QED) is 0.360. The van der Waals surface area contributed by atoms with Crippen molar-refractivity contribution < 1.29 is 0 Å². The average Bonchev–Trinajstić information content (AvgIpc) is 3.17. The molecular weight excluding hydrogens is 324 g/mol. The zero-order valence-electron chi connectivity index (χ0n) is 19.5. The van der Waals surface area contributed by atoms with Crippen molar-refractivity contribution in [3.8, 4) is 0 Å². The molecule has 0 aromatic carbocycles. The first-order chi connectivity index (χ1) is 13.1. The summed E-state index contributed by atoms with van der Waals surface area (Å²) in [6.45, 7) is 19.0. The van der Waals surface area contributed by atoms with E-state index in [1.165, 1.54) is 57.8 Å². The van der Waals surface area contributed by atoms with Crippen LogP contribution in [0.15, 0.2) is 44.6 Å². The highest BCUT2D eigenvalue weighted by molar-refractivity contribution is 5.55. The van der Waals surface area contributed by atoms with Crippen LogP contribution in [0.25, 0.3) is 0 Å². The molecule has 0 aromatic rings. The van der Waals surface area contributed by atoms with Crippen LogP contribution in [0.3, 0.4) is 0 Å². The van der Waals surface area contributed by atoms with Crippen LogP contribution in [-0.2, 0) is 0 Å². The summed E-state index contributed by atoms with van der Waals surface area (Å²) in [4.78, 5) is 0. The van der Waals surface area contributed by atoms with E-state index in [0.29, 0.717) is 11.8 Å². The van der Waals surface area contributed by atoms with Crippen molar-refractivity contribution >= 4 is 0 Å². The van der Waals surface area contributed by atoms with Crippen molar-refractivity contribution in [2.75, 3.05) is 0 Å². The lowest BCUT2D eigenvalue weighted by Crippen LogP contribution is -2.09. The smallest absolute Gasteiger partial charge is 0.00193 e. The van der Waals surface area contributed by atoms with Gasteiger partial charge in [0, 0.05) is 11.8 Å². The third kappa shape index (κ3) is 3.79. The van der Waals surface area contributed by atoms with E-state index in [1.54, 1.807) is 44.6 Å². The lowest BCUT2D eigenvalue weighted by molar-refractivity contribution is 0.611. The minimum absolute atomic E-state index is 0.707. The monoisotopic (exact) mass is 368 g/mol. The molecule has 2 rings (SSSR count). The largest absolute Gasteiger partial charge is 0.0645 e. The van der Waals surface area contributed by atoms with Gasteiger partial charge in [-0.1, -0.05) is 77.7 Å². The Bertz CT molecular complexity index is 604. The molecule has 0 bridgehead atoms. The topological polar surface area (TPSA) is 0 Å². The van der Waals surface area contributed by atoms with Crippen molar-refractivity contribution in [1.29, 1.82) is 0 Å². The first-order valence-electron chi connectivity index (χ1n) is 12.0. The molecule has 0 amide bonds. The van der Waals surface area contributed by atoms with Crippen molar-refractivity contribution in [2.45, 2.75) is 113 Å². The zero-order chi connectivity index (χ0) is 20.1. The van der Waals surface area contributed by atoms with E-state index in [2.05, 4.69) is 55.4 Å². The Kier molecular flexibility index (Phi) is 8.20. The number of rotatable bonds is 10. The second-order valence-electron chi connectivity index (χ2n) is 8.23. The minimum Gasteiger partial charge on any atom is -0.0645 e. The van der Waals surface area contributed by atoms with Gasteiger partial charge < -0.3 is 0 Å². The highest BCUT2D eigenvalue weighted by Gasteiger charge is 2.35. The molecule has 2 aliphatic rings. The Morgan fingerprint density at radius 1 is 0.407 bits per heavy atom. The molecule has 2 atom stereocenters. The van der Waals surface area contributed by atoms with Gasteiger partial charge in [-0.15, -0.1) is 0 Å². The summed E-state index contributed by atoms with van der Waals surface area (Å²) in [5.74, 6) is 1.41. The van der Waals surface area contributed by atoms with Gasteiger partial charge in [0.1, 0.15) is 0 Å². The van der Waals surface area contributed by atoms with Crippen LogP contribution < -0.4 is 0 Å². The van der Waals surface area contributed by atoms with Crippen molar-refractivity contribution in [2.24, 2.45) is 11.8 Å². The molecular formula is C27H44. The summed E-state index contributed by atoms with van der Waals surface area (Å²) < 4.78 is 0. The average molecular weight is 369 g/mol. The number of hydrogen-bond donors (Lipinski definition) is 0. The lowest BCUT2D eigenvalue weighted by Gasteiger charge is -2.23. The van der Waals surface area contributed by atoms with Gasteiger partial charge in [-0.2, -0.15) is 0 Å². The maximum Gasteiger partial charge on any atom is 0.00193 e. The maximum atomic E-state index is 2.40. The molecule has 2 aliphatic carbocycles. The predicted octanol–water partition coefficient (Wildman–Crippen LogP) is 9.10. The SMILES string of the molecule is CCC1=C(CC)C(CC)C(CC2=C(CC)C(CC)=C(CC)C2CC)=C1CC. The van der Waals surface area contributed by atoms with Gasteiger partial charge in [0.25, 0.3) is 0 Å². The second-order valence-corrected chi connectivity index (χ2v) is 8.23. The Morgan fingerprint density at radius 2 is 0.704 bits per heavy atom. The fourth-order valence-corrected chi connectivity index (χ4v) is 6.37. The molecule has 0 N–H and O–H groups in total. The van der Waals surface area contributed by atoms with Gasteiger partial charge in [-0.05, 0) is 80.1 Å². The summed E-state index contributed by atoms with van der Waals surface area (Å²) in [6.07, 6.45) is 11.1. The maximum absolute atomic E-state index is 2.40. The van der Waals surface area contributed by atoms with Crippen LogP contribution in [0, 0.1) is 11.8 Å². The third-order valence-corrected chi connectivity index (χ3v) is 7.33. The van der Waals surface area contributed by atoms with Gasteiger partial charge in [-0.25, -0.2) is 0 Å². The molecule has 27 heavy (non-hydrogen) atoms. The molecule has 152 valence electrons. The molecule has 0 saturated heterocycles. The molecule has 0 spiro atoms. The highest BCUT2D eigenvalue weighted by atomic mass is 14.4. The minimum atomic E-state index is 0.707. The highest BCUT2D eigenvalue weighted by Crippen LogP contribution is 2.51. The summed E-state index contributed by atoms with van der Waals surface area (Å²) in [5, 5.41) is 0. The molecule has 2 unspecified atom stereocenters. The van der Waals surface area contributed by atoms with E-state index in [1.807, 2.05) is 0 Å². The molecule has 0 saturated carbocycles. The molecule has 0 nitrogen and oxygen atoms in total. The van der Waals surface area contributed by atoms with Crippen molar-refractivity contribution in [3.05, 3.63) is 44.6 Å². The van der Waals surface area contributed by atoms with Crippen LogP contribution in [0.4, 0.5) is 0 Å². The Balaban J connectivity index is 2.53. The summed E-state index contributed by atoms with van der Waals surface area (Å²) in [5.41, 5.74) is 14.0. The van der Waals surface area contributed by atoms with E-state index >= 15 is 0 Å². The Labute approximate surface area is 169 Å². The van der Waals surface area contributed by atoms with Crippen LogP contribution in [0.5, 0.6) is 0 Å². The van der Waals surface area contributed by atoms with Crippen molar-refractivity contribution in [3.63, 3.8) is 0 Å². The molecule has 0 heteroatoms. The number of allylic oxidation sites excluding steroid dienone is 8. The summed E-state index contributed by atoms with van der Waals surface area (Å²) >= 11 is 0. The van der Waals surface area contributed by atoms with Gasteiger partial charge >= 0.3 is 0 Å². The fourth-order valence-electron chi connectivity index (χ4n) is 6.37. The van der Waals surface area contributed by atoms with E-state index < -0.39 is 0 Å². The fraction of sp³-hybridized carbons (Fsp3) is 0.704. The first kappa shape index (κ1) is 22.3. The van der Waals surface area contributed by atoms with Gasteiger partial charge in [0.15, 0.2) is 0 Å². The Hall–Kier alpha value is -1.04. The normalized spacial score (nSPS) is 23.6. The second kappa shape index (κ2) is 9.94. The van der Waals surface area contributed by atoms with E-state index in [-0.39, 0.29) is 0 Å².